The van der Waals surface area contributed by atoms with Gasteiger partial charge in [-0.05, 0) is 37.4 Å². The molecule has 0 saturated carbocycles. The van der Waals surface area contributed by atoms with Crippen LogP contribution in [-0.4, -0.2) is 16.5 Å². The van der Waals surface area contributed by atoms with Gasteiger partial charge in [0.15, 0.2) is 17.1 Å². The third-order valence-corrected chi connectivity index (χ3v) is 2.72. The van der Waals surface area contributed by atoms with Gasteiger partial charge in [0, 0.05) is 12.6 Å². The minimum atomic E-state index is 0.618. The molecule has 2 N–H and O–H groups in total. The van der Waals surface area contributed by atoms with Crippen LogP contribution in [0.15, 0.2) is 22.7 Å². The Morgan fingerprint density at radius 1 is 1.44 bits per heavy atom. The van der Waals surface area contributed by atoms with E-state index >= 15 is 0 Å². The summed E-state index contributed by atoms with van der Waals surface area (Å²) in [5.41, 5.74) is 6.98. The van der Waals surface area contributed by atoms with Crippen LogP contribution in [0.25, 0.3) is 11.2 Å². The summed E-state index contributed by atoms with van der Waals surface area (Å²) in [6.07, 6.45) is 4.70. The molecule has 1 atom stereocenters. The molecular formula is C12H17N3O. The molecular weight excluding hydrogens is 202 g/mol. The zero-order valence-corrected chi connectivity index (χ0v) is 9.52. The van der Waals surface area contributed by atoms with E-state index in [9.17, 15) is 0 Å². The molecule has 0 aliphatic heterocycles. The first-order chi connectivity index (χ1) is 7.79. The lowest BCUT2D eigenvalue weighted by Crippen LogP contribution is -2.06. The zero-order valence-electron chi connectivity index (χ0n) is 9.52. The van der Waals surface area contributed by atoms with Crippen LogP contribution in [0.3, 0.4) is 0 Å². The maximum absolute atomic E-state index is 5.59. The molecule has 0 bridgehead atoms. The summed E-state index contributed by atoms with van der Waals surface area (Å²) in [4.78, 5) is 8.48. The van der Waals surface area contributed by atoms with Gasteiger partial charge in [0.1, 0.15) is 0 Å². The van der Waals surface area contributed by atoms with Crippen molar-refractivity contribution in [3.63, 3.8) is 0 Å². The fourth-order valence-corrected chi connectivity index (χ4v) is 1.72. The minimum absolute atomic E-state index is 0.618. The van der Waals surface area contributed by atoms with E-state index in [2.05, 4.69) is 16.9 Å². The minimum Gasteiger partial charge on any atom is -0.439 e. The summed E-state index contributed by atoms with van der Waals surface area (Å²) in [6, 6.07) is 3.75. The Labute approximate surface area is 94.9 Å². The van der Waals surface area contributed by atoms with Gasteiger partial charge in [0.2, 0.25) is 0 Å². The number of oxazole rings is 1. The van der Waals surface area contributed by atoms with Crippen molar-refractivity contribution in [1.29, 1.82) is 0 Å². The number of aryl methyl sites for hydroxylation is 1. The third-order valence-electron chi connectivity index (χ3n) is 2.72. The Morgan fingerprint density at radius 2 is 2.31 bits per heavy atom. The Hall–Kier alpha value is -1.42. The van der Waals surface area contributed by atoms with Crippen molar-refractivity contribution in [2.24, 2.45) is 11.7 Å². The number of hydrogen-bond donors (Lipinski definition) is 1. The van der Waals surface area contributed by atoms with Crippen LogP contribution in [0.5, 0.6) is 0 Å². The number of rotatable bonds is 5. The van der Waals surface area contributed by atoms with Crippen molar-refractivity contribution < 1.29 is 4.42 Å². The SMILES string of the molecule is CC(CCN)CCc1nc2ncccc2o1. The fraction of sp³-hybridized carbons (Fsp3) is 0.500. The normalized spacial score (nSPS) is 13.1. The van der Waals surface area contributed by atoms with Crippen molar-refractivity contribution in [2.45, 2.75) is 26.2 Å². The summed E-state index contributed by atoms with van der Waals surface area (Å²) in [6.45, 7) is 2.95. The summed E-state index contributed by atoms with van der Waals surface area (Å²) in [5, 5.41) is 0. The molecule has 0 aromatic carbocycles. The number of pyridine rings is 1. The van der Waals surface area contributed by atoms with Gasteiger partial charge >= 0.3 is 0 Å². The molecule has 0 radical (unpaired) electrons. The van der Waals surface area contributed by atoms with Gasteiger partial charge in [0.25, 0.3) is 0 Å². The van der Waals surface area contributed by atoms with E-state index in [1.807, 2.05) is 12.1 Å². The van der Waals surface area contributed by atoms with Gasteiger partial charge in [-0.25, -0.2) is 4.98 Å². The molecule has 4 nitrogen and oxygen atoms in total. The van der Waals surface area contributed by atoms with Crippen LogP contribution in [-0.2, 0) is 6.42 Å². The highest BCUT2D eigenvalue weighted by molar-refractivity contribution is 5.66. The second-order valence-electron chi connectivity index (χ2n) is 4.15. The Balaban J connectivity index is 1.99. The zero-order chi connectivity index (χ0) is 11.4. The first kappa shape index (κ1) is 11.1. The smallest absolute Gasteiger partial charge is 0.198 e. The molecule has 0 saturated heterocycles. The molecule has 16 heavy (non-hydrogen) atoms. The first-order valence-electron chi connectivity index (χ1n) is 5.70. The molecule has 2 heterocycles. The molecule has 2 aromatic heterocycles. The molecule has 1 unspecified atom stereocenters. The molecule has 2 rings (SSSR count). The quantitative estimate of drug-likeness (QED) is 0.836. The topological polar surface area (TPSA) is 64.9 Å². The van der Waals surface area contributed by atoms with E-state index in [-0.39, 0.29) is 0 Å². The number of nitrogens with zero attached hydrogens (tertiary/aromatic N) is 2. The van der Waals surface area contributed by atoms with E-state index < -0.39 is 0 Å². The highest BCUT2D eigenvalue weighted by Gasteiger charge is 2.08. The van der Waals surface area contributed by atoms with Crippen molar-refractivity contribution in [3.8, 4) is 0 Å². The highest BCUT2D eigenvalue weighted by Crippen LogP contribution is 2.16. The van der Waals surface area contributed by atoms with E-state index in [4.69, 9.17) is 10.2 Å². The molecule has 0 spiro atoms. The average molecular weight is 219 g/mol. The van der Waals surface area contributed by atoms with E-state index in [0.717, 1.165) is 37.3 Å². The van der Waals surface area contributed by atoms with Gasteiger partial charge in [-0.15, -0.1) is 0 Å². The average Bonchev–Trinajstić information content (AvgIpc) is 2.69. The maximum atomic E-state index is 5.59. The Bertz CT molecular complexity index is 419. The summed E-state index contributed by atoms with van der Waals surface area (Å²) in [7, 11) is 0. The standard InChI is InChI=1S/C12H17N3O/c1-9(6-7-13)4-5-11-15-12-10(16-11)3-2-8-14-12/h2-3,8-9H,4-7,13H2,1H3. The summed E-state index contributed by atoms with van der Waals surface area (Å²) in [5.74, 6) is 1.39. The lowest BCUT2D eigenvalue weighted by molar-refractivity contribution is 0.451. The Kier molecular flexibility index (Phi) is 3.51. The van der Waals surface area contributed by atoms with Crippen LogP contribution in [0.1, 0.15) is 25.7 Å². The maximum Gasteiger partial charge on any atom is 0.198 e. The van der Waals surface area contributed by atoms with Gasteiger partial charge in [-0.3, -0.25) is 0 Å². The summed E-state index contributed by atoms with van der Waals surface area (Å²) >= 11 is 0. The molecule has 0 aliphatic rings. The fourth-order valence-electron chi connectivity index (χ4n) is 1.72. The van der Waals surface area contributed by atoms with Gasteiger partial charge in [-0.2, -0.15) is 4.98 Å². The second-order valence-corrected chi connectivity index (χ2v) is 4.15. The monoisotopic (exact) mass is 219 g/mol. The van der Waals surface area contributed by atoms with Crippen molar-refractivity contribution in [1.82, 2.24) is 9.97 Å². The van der Waals surface area contributed by atoms with Crippen LogP contribution in [0.4, 0.5) is 0 Å². The van der Waals surface area contributed by atoms with Crippen LogP contribution < -0.4 is 5.73 Å². The number of hydrogen-bond acceptors (Lipinski definition) is 4. The molecule has 0 fully saturated rings. The molecule has 0 aliphatic carbocycles. The second kappa shape index (κ2) is 5.07. The summed E-state index contributed by atoms with van der Waals surface area (Å²) < 4.78 is 5.59. The van der Waals surface area contributed by atoms with E-state index in [1.165, 1.54) is 0 Å². The predicted octanol–water partition coefficient (Wildman–Crippen LogP) is 2.14. The van der Waals surface area contributed by atoms with Crippen LogP contribution in [0, 0.1) is 5.92 Å². The third kappa shape index (κ3) is 2.58. The molecule has 4 heteroatoms. The van der Waals surface area contributed by atoms with E-state index in [0.29, 0.717) is 11.6 Å². The molecule has 2 aromatic rings. The first-order valence-corrected chi connectivity index (χ1v) is 5.70. The van der Waals surface area contributed by atoms with Crippen molar-refractivity contribution in [2.75, 3.05) is 6.54 Å². The van der Waals surface area contributed by atoms with E-state index in [1.54, 1.807) is 6.20 Å². The largest absolute Gasteiger partial charge is 0.439 e. The van der Waals surface area contributed by atoms with Crippen molar-refractivity contribution >= 4 is 11.2 Å². The Morgan fingerprint density at radius 3 is 3.06 bits per heavy atom. The molecule has 86 valence electrons. The lowest BCUT2D eigenvalue weighted by atomic mass is 10.0. The van der Waals surface area contributed by atoms with Crippen LogP contribution in [0.2, 0.25) is 0 Å². The lowest BCUT2D eigenvalue weighted by Gasteiger charge is -2.06. The van der Waals surface area contributed by atoms with Gasteiger partial charge < -0.3 is 10.2 Å². The molecule has 0 amide bonds. The van der Waals surface area contributed by atoms with Gasteiger partial charge in [0.05, 0.1) is 0 Å². The number of aromatic nitrogens is 2. The number of fused-ring (bicyclic) bond motifs is 1. The van der Waals surface area contributed by atoms with Gasteiger partial charge in [-0.1, -0.05) is 6.92 Å². The van der Waals surface area contributed by atoms with Crippen LogP contribution >= 0.6 is 0 Å². The highest BCUT2D eigenvalue weighted by atomic mass is 16.3. The number of nitrogens with two attached hydrogens (primary N) is 1. The predicted molar refractivity (Wildman–Crippen MR) is 63.0 cm³/mol. The van der Waals surface area contributed by atoms with Crippen molar-refractivity contribution in [3.05, 3.63) is 24.2 Å².